The fourth-order valence-corrected chi connectivity index (χ4v) is 13.0. The van der Waals surface area contributed by atoms with Crippen molar-refractivity contribution in [3.63, 3.8) is 0 Å². The van der Waals surface area contributed by atoms with Gasteiger partial charge in [-0.1, -0.05) is 110 Å². The topological polar surface area (TPSA) is 6.48 Å². The van der Waals surface area contributed by atoms with Gasteiger partial charge in [0.2, 0.25) is 0 Å². The van der Waals surface area contributed by atoms with Crippen LogP contribution in [0.4, 0.5) is 22.7 Å². The Morgan fingerprint density at radius 2 is 1.31 bits per heavy atom. The van der Waals surface area contributed by atoms with E-state index in [1.807, 2.05) is 0 Å². The van der Waals surface area contributed by atoms with Gasteiger partial charge in [0.25, 0.3) is 6.71 Å². The molecule has 3 heteroatoms. The van der Waals surface area contributed by atoms with Gasteiger partial charge in [0, 0.05) is 33.6 Å². The first-order valence-electron chi connectivity index (χ1n) is 18.5. The van der Waals surface area contributed by atoms with E-state index in [-0.39, 0.29) is 27.3 Å². The van der Waals surface area contributed by atoms with E-state index < -0.39 is 0 Å². The second-order valence-electron chi connectivity index (χ2n) is 18.4. The zero-order valence-electron chi connectivity index (χ0n) is 28.8. The van der Waals surface area contributed by atoms with E-state index in [9.17, 15) is 0 Å². The van der Waals surface area contributed by atoms with Gasteiger partial charge in [-0.15, -0.1) is 0 Å². The van der Waals surface area contributed by atoms with E-state index in [0.29, 0.717) is 6.71 Å². The van der Waals surface area contributed by atoms with Gasteiger partial charge in [-0.05, 0) is 102 Å². The lowest BCUT2D eigenvalue weighted by molar-refractivity contribution is 0.0574. The molecule has 0 spiro atoms. The minimum Gasteiger partial charge on any atom is -0.335 e. The molecular weight excluding hydrogens is 543 g/mol. The Hall–Kier alpha value is -2.68. The van der Waals surface area contributed by atoms with Crippen molar-refractivity contribution in [1.82, 2.24) is 0 Å². The van der Waals surface area contributed by atoms with Crippen molar-refractivity contribution >= 4 is 45.9 Å². The zero-order chi connectivity index (χ0) is 30.9. The molecule has 6 atom stereocenters. The van der Waals surface area contributed by atoms with Gasteiger partial charge in [-0.2, -0.15) is 0 Å². The maximum absolute atomic E-state index is 2.97. The van der Waals surface area contributed by atoms with Crippen molar-refractivity contribution in [1.29, 1.82) is 0 Å². The first kappa shape index (κ1) is 27.4. The van der Waals surface area contributed by atoms with Crippen molar-refractivity contribution < 1.29 is 0 Å². The minimum atomic E-state index is 0.0699. The number of hydrogen-bond donors (Lipinski definition) is 0. The van der Waals surface area contributed by atoms with Crippen LogP contribution in [0.25, 0.3) is 0 Å². The monoisotopic (exact) mass is 594 g/mol. The summed E-state index contributed by atoms with van der Waals surface area (Å²) in [5.41, 5.74) is 16.4. The zero-order valence-corrected chi connectivity index (χ0v) is 28.8. The molecule has 0 saturated heterocycles. The number of benzene rings is 3. The third-order valence-electron chi connectivity index (χ3n) is 15.5. The number of hydrogen-bond acceptors (Lipinski definition) is 2. The van der Waals surface area contributed by atoms with Gasteiger partial charge in [-0.3, -0.25) is 0 Å². The molecule has 4 aliphatic heterocycles. The van der Waals surface area contributed by atoms with Gasteiger partial charge in [0.05, 0.1) is 11.1 Å². The lowest BCUT2D eigenvalue weighted by Crippen LogP contribution is -2.67. The third-order valence-corrected chi connectivity index (χ3v) is 15.5. The summed E-state index contributed by atoms with van der Waals surface area (Å²) in [7, 11) is 0. The number of para-hydroxylation sites is 1. The second-order valence-corrected chi connectivity index (χ2v) is 18.4. The first-order valence-corrected chi connectivity index (χ1v) is 18.5. The molecule has 232 valence electrons. The Bertz CT molecular complexity index is 1820. The Labute approximate surface area is 272 Å². The first-order chi connectivity index (χ1) is 21.4. The largest absolute Gasteiger partial charge is 0.335 e. The molecule has 10 rings (SSSR count). The molecule has 7 aliphatic rings. The van der Waals surface area contributed by atoms with Crippen LogP contribution in [0.2, 0.25) is 0 Å². The minimum absolute atomic E-state index is 0.0699. The van der Waals surface area contributed by atoms with Crippen molar-refractivity contribution in [3.8, 4) is 0 Å². The maximum Gasteiger partial charge on any atom is 0.252 e. The fourth-order valence-electron chi connectivity index (χ4n) is 13.0. The summed E-state index contributed by atoms with van der Waals surface area (Å²) in [5, 5.41) is 0. The van der Waals surface area contributed by atoms with Gasteiger partial charge < -0.3 is 9.80 Å². The SMILES string of the molecule is CC(C)(C)c1ccc2c3c1C1(C)CC4CCCCC4CC1(C)N3c1cccc3c1B2c1cccc2c1N3C1(C)CCCCC21C. The summed E-state index contributed by atoms with van der Waals surface area (Å²) in [6.45, 7) is 18.3. The molecule has 3 aromatic carbocycles. The molecule has 4 heterocycles. The van der Waals surface area contributed by atoms with Gasteiger partial charge in [0.1, 0.15) is 0 Å². The highest BCUT2D eigenvalue weighted by molar-refractivity contribution is 7.00. The highest BCUT2D eigenvalue weighted by Crippen LogP contribution is 2.67. The second kappa shape index (κ2) is 8.24. The van der Waals surface area contributed by atoms with E-state index in [1.165, 1.54) is 75.6 Å². The average Bonchev–Trinajstić information content (AvgIpc) is 3.35. The molecule has 0 amide bonds. The summed E-state index contributed by atoms with van der Waals surface area (Å²) < 4.78 is 0. The van der Waals surface area contributed by atoms with Crippen LogP contribution >= 0.6 is 0 Å². The smallest absolute Gasteiger partial charge is 0.252 e. The number of anilines is 4. The van der Waals surface area contributed by atoms with Crippen LogP contribution in [0.1, 0.15) is 129 Å². The molecule has 3 aliphatic carbocycles. The van der Waals surface area contributed by atoms with Crippen LogP contribution in [0.3, 0.4) is 0 Å². The molecule has 0 bridgehead atoms. The molecule has 0 aromatic heterocycles. The van der Waals surface area contributed by atoms with Crippen LogP contribution in [0.15, 0.2) is 48.5 Å². The normalized spacial score (nSPS) is 36.6. The number of nitrogens with zero attached hydrogens (tertiary/aromatic N) is 2. The van der Waals surface area contributed by atoms with Gasteiger partial charge >= 0.3 is 0 Å². The summed E-state index contributed by atoms with van der Waals surface area (Å²) >= 11 is 0. The molecule has 0 radical (unpaired) electrons. The number of fused-ring (bicyclic) bond motifs is 11. The molecule has 3 aromatic rings. The van der Waals surface area contributed by atoms with Crippen molar-refractivity contribution in [2.75, 3.05) is 9.80 Å². The molecule has 0 N–H and O–H groups in total. The molecule has 3 fully saturated rings. The van der Waals surface area contributed by atoms with Crippen LogP contribution in [-0.4, -0.2) is 17.8 Å². The lowest BCUT2D eigenvalue weighted by Gasteiger charge is -2.58. The quantitative estimate of drug-likeness (QED) is 0.241. The molecule has 3 saturated carbocycles. The molecule has 45 heavy (non-hydrogen) atoms. The van der Waals surface area contributed by atoms with Crippen molar-refractivity contribution in [2.24, 2.45) is 11.8 Å². The van der Waals surface area contributed by atoms with E-state index in [2.05, 4.69) is 107 Å². The van der Waals surface area contributed by atoms with E-state index in [0.717, 1.165) is 11.8 Å². The Morgan fingerprint density at radius 3 is 2.04 bits per heavy atom. The van der Waals surface area contributed by atoms with Gasteiger partial charge in [0.15, 0.2) is 0 Å². The molecular formula is C42H51BN2. The highest BCUT2D eigenvalue weighted by atomic mass is 15.3. The van der Waals surface area contributed by atoms with E-state index in [1.54, 1.807) is 44.5 Å². The standard InChI is InChI=1S/C42H51BN2/c1-38(2,3)28-20-21-31-37-34(28)40(5)24-26-14-8-9-15-27(26)25-42(40,7)45(37)33-19-13-18-32-35(33)43(31)30-17-12-16-29-36(30)44(32)41(6)23-11-10-22-39(29,41)4/h12-13,16-21,26-27H,8-11,14-15,22-25H2,1-7H3. The Kier molecular flexibility index (Phi) is 5.02. The number of rotatable bonds is 0. The van der Waals surface area contributed by atoms with Crippen LogP contribution in [0, 0.1) is 11.8 Å². The highest BCUT2D eigenvalue weighted by Gasteiger charge is 2.66. The van der Waals surface area contributed by atoms with Crippen molar-refractivity contribution in [3.05, 3.63) is 65.2 Å². The average molecular weight is 595 g/mol. The maximum atomic E-state index is 2.97. The van der Waals surface area contributed by atoms with E-state index >= 15 is 0 Å². The summed E-state index contributed by atoms with van der Waals surface area (Å²) in [6, 6.07) is 20.1. The summed E-state index contributed by atoms with van der Waals surface area (Å²) in [6.07, 6.45) is 13.6. The fraction of sp³-hybridized carbons (Fsp3) is 0.571. The molecule has 6 unspecified atom stereocenters. The predicted molar refractivity (Wildman–Crippen MR) is 192 cm³/mol. The van der Waals surface area contributed by atoms with E-state index in [4.69, 9.17) is 0 Å². The van der Waals surface area contributed by atoms with Crippen LogP contribution < -0.4 is 26.2 Å². The van der Waals surface area contributed by atoms with Crippen LogP contribution in [-0.2, 0) is 16.2 Å². The Balaban J connectivity index is 1.31. The van der Waals surface area contributed by atoms with Gasteiger partial charge in [-0.25, -0.2) is 0 Å². The van der Waals surface area contributed by atoms with Crippen LogP contribution in [0.5, 0.6) is 0 Å². The summed E-state index contributed by atoms with van der Waals surface area (Å²) in [5.74, 6) is 1.72. The third kappa shape index (κ3) is 2.90. The molecule has 2 nitrogen and oxygen atoms in total. The predicted octanol–water partition coefficient (Wildman–Crippen LogP) is 8.64. The Morgan fingerprint density at radius 1 is 0.667 bits per heavy atom. The lowest BCUT2D eigenvalue weighted by atomic mass is 9.33. The van der Waals surface area contributed by atoms with Crippen molar-refractivity contribution in [2.45, 2.75) is 140 Å². The summed E-state index contributed by atoms with van der Waals surface area (Å²) in [4.78, 5) is 5.86.